The lowest BCUT2D eigenvalue weighted by Gasteiger charge is -2.12. The van der Waals surface area contributed by atoms with E-state index >= 15 is 0 Å². The van der Waals surface area contributed by atoms with Gasteiger partial charge in [-0.25, -0.2) is 0 Å². The number of aryl methyl sites for hydroxylation is 1. The first-order valence-corrected chi connectivity index (χ1v) is 6.50. The average Bonchev–Trinajstić information content (AvgIpc) is 2.28. The normalized spacial score (nSPS) is 10.6. The van der Waals surface area contributed by atoms with E-state index in [0.717, 1.165) is 0 Å². The molecule has 0 heterocycles. The van der Waals surface area contributed by atoms with E-state index < -0.39 is 0 Å². The molecular formula is C14H20ClNO. The Labute approximate surface area is 108 Å². The van der Waals surface area contributed by atoms with Crippen molar-refractivity contribution in [3.8, 4) is 0 Å². The highest BCUT2D eigenvalue weighted by Crippen LogP contribution is 2.18. The van der Waals surface area contributed by atoms with Gasteiger partial charge in [0.05, 0.1) is 0 Å². The maximum Gasteiger partial charge on any atom is 0.221 e. The smallest absolute Gasteiger partial charge is 0.221 e. The molecule has 0 saturated carbocycles. The van der Waals surface area contributed by atoms with E-state index in [1.54, 1.807) is 0 Å². The summed E-state index contributed by atoms with van der Waals surface area (Å²) in [5, 5.41) is 2.88. The van der Waals surface area contributed by atoms with Crippen molar-refractivity contribution in [3.05, 3.63) is 34.9 Å². The van der Waals surface area contributed by atoms with Crippen molar-refractivity contribution in [1.29, 1.82) is 0 Å². The van der Waals surface area contributed by atoms with Crippen molar-refractivity contribution < 1.29 is 4.79 Å². The zero-order valence-electron chi connectivity index (χ0n) is 10.7. The molecule has 1 amide bonds. The van der Waals surface area contributed by atoms with Crippen LogP contribution in [0.15, 0.2) is 18.2 Å². The Kier molecular flexibility index (Phi) is 5.49. The Hall–Kier alpha value is -1.02. The number of carbonyl (C=O) groups excluding carboxylic acids is 1. The molecule has 1 aromatic rings. The number of benzene rings is 1. The first kappa shape index (κ1) is 14.0. The number of halogens is 1. The topological polar surface area (TPSA) is 29.1 Å². The summed E-state index contributed by atoms with van der Waals surface area (Å²) in [4.78, 5) is 11.4. The number of alkyl halides is 1. The van der Waals surface area contributed by atoms with Crippen LogP contribution in [0.2, 0.25) is 0 Å². The van der Waals surface area contributed by atoms with Crippen LogP contribution in [0.25, 0.3) is 0 Å². The van der Waals surface area contributed by atoms with Gasteiger partial charge in [0.2, 0.25) is 5.91 Å². The molecular weight excluding hydrogens is 234 g/mol. The molecule has 0 unspecified atom stereocenters. The van der Waals surface area contributed by atoms with Crippen LogP contribution in [-0.2, 0) is 11.3 Å². The fourth-order valence-corrected chi connectivity index (χ4v) is 1.78. The van der Waals surface area contributed by atoms with Gasteiger partial charge in [0.15, 0.2) is 0 Å². The molecule has 1 rings (SSSR count). The van der Waals surface area contributed by atoms with Crippen LogP contribution in [0.5, 0.6) is 0 Å². The number of hydrogen-bond acceptors (Lipinski definition) is 1. The summed E-state index contributed by atoms with van der Waals surface area (Å²) in [6.45, 7) is 6.98. The number of amides is 1. The molecule has 0 aliphatic rings. The van der Waals surface area contributed by atoms with Gasteiger partial charge >= 0.3 is 0 Å². The van der Waals surface area contributed by atoms with Crippen LogP contribution in [0.3, 0.4) is 0 Å². The Morgan fingerprint density at radius 3 is 2.71 bits per heavy atom. The molecule has 17 heavy (non-hydrogen) atoms. The average molecular weight is 254 g/mol. The van der Waals surface area contributed by atoms with Crippen LogP contribution in [0.4, 0.5) is 0 Å². The van der Waals surface area contributed by atoms with Gasteiger partial charge in [0.25, 0.3) is 0 Å². The number of rotatable bonds is 5. The summed E-state index contributed by atoms with van der Waals surface area (Å²) in [6.07, 6.45) is 0.379. The lowest BCUT2D eigenvalue weighted by Crippen LogP contribution is -2.23. The second-order valence-corrected chi connectivity index (χ2v) is 4.93. The quantitative estimate of drug-likeness (QED) is 0.801. The highest BCUT2D eigenvalue weighted by atomic mass is 35.5. The number of hydrogen-bond donors (Lipinski definition) is 1. The van der Waals surface area contributed by atoms with Gasteiger partial charge in [0, 0.05) is 18.8 Å². The standard InChI is InChI=1S/C14H20ClNO/c1-10(2)12-5-4-11(3)13(8-12)9-16-14(17)6-7-15/h4-5,8,10H,6-7,9H2,1-3H3,(H,16,17). The fourth-order valence-electron chi connectivity index (χ4n) is 1.61. The summed E-state index contributed by atoms with van der Waals surface area (Å²) < 4.78 is 0. The molecule has 0 atom stereocenters. The van der Waals surface area contributed by atoms with Gasteiger partial charge in [-0.05, 0) is 29.5 Å². The molecule has 3 heteroatoms. The van der Waals surface area contributed by atoms with Gasteiger partial charge < -0.3 is 5.32 Å². The maximum absolute atomic E-state index is 11.4. The molecule has 0 aliphatic carbocycles. The third kappa shape index (κ3) is 4.39. The van der Waals surface area contributed by atoms with Gasteiger partial charge in [-0.3, -0.25) is 4.79 Å². The summed E-state index contributed by atoms with van der Waals surface area (Å²) in [5.74, 6) is 0.888. The van der Waals surface area contributed by atoms with Crippen molar-refractivity contribution in [2.24, 2.45) is 0 Å². The van der Waals surface area contributed by atoms with E-state index in [1.807, 2.05) is 0 Å². The van der Waals surface area contributed by atoms with E-state index in [-0.39, 0.29) is 5.91 Å². The monoisotopic (exact) mass is 253 g/mol. The lowest BCUT2D eigenvalue weighted by molar-refractivity contribution is -0.120. The summed E-state index contributed by atoms with van der Waals surface area (Å²) in [6, 6.07) is 6.42. The minimum atomic E-state index is 0.00866. The highest BCUT2D eigenvalue weighted by Gasteiger charge is 2.05. The van der Waals surface area contributed by atoms with Gasteiger partial charge in [-0.2, -0.15) is 0 Å². The SMILES string of the molecule is Cc1ccc(C(C)C)cc1CNC(=O)CCCl. The Balaban J connectivity index is 2.69. The van der Waals surface area contributed by atoms with Crippen molar-refractivity contribution in [1.82, 2.24) is 5.32 Å². The van der Waals surface area contributed by atoms with Crippen LogP contribution in [0.1, 0.15) is 42.9 Å². The molecule has 0 radical (unpaired) electrons. The van der Waals surface area contributed by atoms with E-state index in [1.165, 1.54) is 16.7 Å². The third-order valence-electron chi connectivity index (χ3n) is 2.84. The second-order valence-electron chi connectivity index (χ2n) is 4.56. The van der Waals surface area contributed by atoms with Crippen molar-refractivity contribution in [2.75, 3.05) is 5.88 Å². The van der Waals surface area contributed by atoms with Gasteiger partial charge in [0.1, 0.15) is 0 Å². The van der Waals surface area contributed by atoms with Crippen LogP contribution in [0, 0.1) is 6.92 Å². The minimum Gasteiger partial charge on any atom is -0.352 e. The molecule has 1 N–H and O–H groups in total. The van der Waals surface area contributed by atoms with Crippen molar-refractivity contribution in [2.45, 2.75) is 39.7 Å². The molecule has 94 valence electrons. The molecule has 0 aromatic heterocycles. The molecule has 0 saturated heterocycles. The zero-order valence-corrected chi connectivity index (χ0v) is 11.5. The highest BCUT2D eigenvalue weighted by molar-refractivity contribution is 6.18. The maximum atomic E-state index is 11.4. The molecule has 0 fully saturated rings. The van der Waals surface area contributed by atoms with E-state index in [4.69, 9.17) is 11.6 Å². The van der Waals surface area contributed by atoms with Crippen LogP contribution in [-0.4, -0.2) is 11.8 Å². The molecule has 2 nitrogen and oxygen atoms in total. The Morgan fingerprint density at radius 2 is 2.12 bits per heavy atom. The van der Waals surface area contributed by atoms with Crippen LogP contribution >= 0.6 is 11.6 Å². The minimum absolute atomic E-state index is 0.00866. The second kappa shape index (κ2) is 6.65. The van der Waals surface area contributed by atoms with E-state index in [2.05, 4.69) is 44.3 Å². The van der Waals surface area contributed by atoms with E-state index in [0.29, 0.717) is 24.8 Å². The Morgan fingerprint density at radius 1 is 1.41 bits per heavy atom. The van der Waals surface area contributed by atoms with Crippen LogP contribution < -0.4 is 5.32 Å². The predicted molar refractivity (Wildman–Crippen MR) is 72.5 cm³/mol. The Bertz CT molecular complexity index is 388. The van der Waals surface area contributed by atoms with Gasteiger partial charge in [-0.15, -0.1) is 11.6 Å². The largest absolute Gasteiger partial charge is 0.352 e. The summed E-state index contributed by atoms with van der Waals surface area (Å²) in [7, 11) is 0. The predicted octanol–water partition coefficient (Wildman–Crippen LogP) is 3.36. The molecule has 1 aromatic carbocycles. The van der Waals surface area contributed by atoms with E-state index in [9.17, 15) is 4.79 Å². The summed E-state index contributed by atoms with van der Waals surface area (Å²) in [5.41, 5.74) is 3.69. The van der Waals surface area contributed by atoms with Crippen molar-refractivity contribution in [3.63, 3.8) is 0 Å². The first-order chi connectivity index (χ1) is 8.04. The fraction of sp³-hybridized carbons (Fsp3) is 0.500. The summed E-state index contributed by atoms with van der Waals surface area (Å²) >= 11 is 5.52. The van der Waals surface area contributed by atoms with Crippen molar-refractivity contribution >= 4 is 17.5 Å². The molecule has 0 bridgehead atoms. The zero-order chi connectivity index (χ0) is 12.8. The first-order valence-electron chi connectivity index (χ1n) is 5.96. The third-order valence-corrected chi connectivity index (χ3v) is 3.03. The molecule has 0 aliphatic heterocycles. The van der Waals surface area contributed by atoms with Gasteiger partial charge in [-0.1, -0.05) is 32.0 Å². The molecule has 0 spiro atoms. The number of carbonyl (C=O) groups is 1. The lowest BCUT2D eigenvalue weighted by atomic mass is 9.98. The number of nitrogens with one attached hydrogen (secondary N) is 1.